The van der Waals surface area contributed by atoms with Crippen molar-refractivity contribution >= 4 is 16.8 Å². The number of fused-ring (bicyclic) bond motifs is 1. The Morgan fingerprint density at radius 1 is 1.26 bits per heavy atom. The summed E-state index contributed by atoms with van der Waals surface area (Å²) in [6.07, 6.45) is 6.30. The second kappa shape index (κ2) is 7.43. The average molecular weight is 363 g/mol. The van der Waals surface area contributed by atoms with Crippen molar-refractivity contribution in [3.8, 4) is 5.75 Å². The number of hydrogen-bond acceptors (Lipinski definition) is 3. The van der Waals surface area contributed by atoms with Gasteiger partial charge in [0.2, 0.25) is 5.91 Å². The Labute approximate surface area is 159 Å². The third-order valence-corrected chi connectivity index (χ3v) is 5.16. The Hall–Kier alpha value is -2.82. The van der Waals surface area contributed by atoms with Crippen molar-refractivity contribution in [1.82, 2.24) is 14.5 Å². The van der Waals surface area contributed by atoms with Gasteiger partial charge in [0.05, 0.1) is 7.11 Å². The largest absolute Gasteiger partial charge is 0.497 e. The Bertz CT molecular complexity index is 942. The minimum atomic E-state index is 0.149. The predicted molar refractivity (Wildman–Crippen MR) is 106 cm³/mol. The molecule has 0 N–H and O–H groups in total. The molecule has 0 spiro atoms. The van der Waals surface area contributed by atoms with Crippen molar-refractivity contribution in [3.63, 3.8) is 0 Å². The van der Waals surface area contributed by atoms with E-state index in [1.165, 1.54) is 12.8 Å². The lowest BCUT2D eigenvalue weighted by atomic mass is 10.2. The van der Waals surface area contributed by atoms with E-state index in [0.717, 1.165) is 34.5 Å². The van der Waals surface area contributed by atoms with Crippen molar-refractivity contribution < 1.29 is 9.53 Å². The molecule has 1 aromatic carbocycles. The number of ether oxygens (including phenoxy) is 1. The summed E-state index contributed by atoms with van der Waals surface area (Å²) in [5.41, 5.74) is 3.12. The van der Waals surface area contributed by atoms with Crippen molar-refractivity contribution in [3.05, 3.63) is 60.0 Å². The molecule has 0 saturated heterocycles. The average Bonchev–Trinajstić information content (AvgIpc) is 3.42. The van der Waals surface area contributed by atoms with Gasteiger partial charge < -0.3 is 14.2 Å². The third-order valence-electron chi connectivity index (χ3n) is 5.16. The second-order valence-electron chi connectivity index (χ2n) is 7.39. The fourth-order valence-corrected chi connectivity index (χ4v) is 3.37. The number of hydrogen-bond donors (Lipinski definition) is 0. The van der Waals surface area contributed by atoms with Crippen LogP contribution in [0.15, 0.2) is 48.8 Å². The van der Waals surface area contributed by atoms with Crippen LogP contribution >= 0.6 is 0 Å². The summed E-state index contributed by atoms with van der Waals surface area (Å²) < 4.78 is 7.30. The first-order valence-corrected chi connectivity index (χ1v) is 9.44. The van der Waals surface area contributed by atoms with Crippen molar-refractivity contribution in [2.24, 2.45) is 5.92 Å². The zero-order valence-electron chi connectivity index (χ0n) is 15.9. The maximum absolute atomic E-state index is 13.1. The van der Waals surface area contributed by atoms with Crippen molar-refractivity contribution in [2.45, 2.75) is 32.9 Å². The van der Waals surface area contributed by atoms with Crippen molar-refractivity contribution in [2.75, 3.05) is 13.7 Å². The molecular weight excluding hydrogens is 338 g/mol. The first-order chi connectivity index (χ1) is 13.1. The molecule has 0 atom stereocenters. The third kappa shape index (κ3) is 4.13. The van der Waals surface area contributed by atoms with Gasteiger partial charge in [0.15, 0.2) is 0 Å². The SMILES string of the molecule is COc1ccc2c(ccn2CC(=O)N(Cc2ccc(C)nc2)CC2CC2)c1. The van der Waals surface area contributed by atoms with E-state index in [0.29, 0.717) is 19.0 Å². The van der Waals surface area contributed by atoms with E-state index in [1.807, 2.05) is 59.1 Å². The number of amides is 1. The molecule has 1 fully saturated rings. The Balaban J connectivity index is 1.51. The number of rotatable bonds is 7. The molecule has 140 valence electrons. The van der Waals surface area contributed by atoms with Gasteiger partial charge in [-0.25, -0.2) is 0 Å². The molecule has 5 nitrogen and oxygen atoms in total. The summed E-state index contributed by atoms with van der Waals surface area (Å²) in [5.74, 6) is 1.63. The summed E-state index contributed by atoms with van der Waals surface area (Å²) in [7, 11) is 1.66. The molecule has 1 aliphatic rings. The highest BCUT2D eigenvalue weighted by Gasteiger charge is 2.27. The zero-order chi connectivity index (χ0) is 18.8. The number of carbonyl (C=O) groups excluding carboxylic acids is 1. The molecule has 2 heterocycles. The van der Waals surface area contributed by atoms with E-state index < -0.39 is 0 Å². The van der Waals surface area contributed by atoms with Gasteiger partial charge in [0.25, 0.3) is 0 Å². The van der Waals surface area contributed by atoms with Gasteiger partial charge in [0, 0.05) is 42.1 Å². The molecule has 0 bridgehead atoms. The fourth-order valence-electron chi connectivity index (χ4n) is 3.37. The topological polar surface area (TPSA) is 47.4 Å². The molecule has 0 unspecified atom stereocenters. The summed E-state index contributed by atoms with van der Waals surface area (Å²) in [5, 5.41) is 1.08. The first-order valence-electron chi connectivity index (χ1n) is 9.44. The number of aromatic nitrogens is 2. The Morgan fingerprint density at radius 2 is 2.11 bits per heavy atom. The van der Waals surface area contributed by atoms with Gasteiger partial charge in [-0.05, 0) is 61.6 Å². The van der Waals surface area contributed by atoms with E-state index in [-0.39, 0.29) is 5.91 Å². The molecule has 27 heavy (non-hydrogen) atoms. The quantitative estimate of drug-likeness (QED) is 0.642. The van der Waals surface area contributed by atoms with Crippen LogP contribution in [0.2, 0.25) is 0 Å². The van der Waals surface area contributed by atoms with Crippen LogP contribution in [-0.4, -0.2) is 34.0 Å². The molecule has 0 radical (unpaired) electrons. The minimum absolute atomic E-state index is 0.149. The number of pyridine rings is 1. The normalized spacial score (nSPS) is 13.7. The van der Waals surface area contributed by atoms with Gasteiger partial charge >= 0.3 is 0 Å². The maximum atomic E-state index is 13.1. The van der Waals surface area contributed by atoms with Gasteiger partial charge in [-0.3, -0.25) is 9.78 Å². The van der Waals surface area contributed by atoms with Crippen LogP contribution in [0.4, 0.5) is 0 Å². The zero-order valence-corrected chi connectivity index (χ0v) is 15.9. The van der Waals surface area contributed by atoms with Crippen LogP contribution in [0.5, 0.6) is 5.75 Å². The standard InChI is InChI=1S/C22H25N3O2/c1-16-3-4-18(12-23-16)14-25(13-17-5-6-17)22(26)15-24-10-9-19-11-20(27-2)7-8-21(19)24/h3-4,7-12,17H,5-6,13-15H2,1-2H3. The molecule has 1 saturated carbocycles. The summed E-state index contributed by atoms with van der Waals surface area (Å²) >= 11 is 0. The molecule has 2 aromatic heterocycles. The minimum Gasteiger partial charge on any atom is -0.497 e. The number of benzene rings is 1. The summed E-state index contributed by atoms with van der Waals surface area (Å²) in [6, 6.07) is 12.0. The molecule has 5 heteroatoms. The molecule has 4 rings (SSSR count). The molecule has 1 amide bonds. The molecular formula is C22H25N3O2. The number of methoxy groups -OCH3 is 1. The lowest BCUT2D eigenvalue weighted by Gasteiger charge is -2.23. The van der Waals surface area contributed by atoms with Gasteiger partial charge in [-0.1, -0.05) is 6.07 Å². The molecule has 1 aliphatic carbocycles. The highest BCUT2D eigenvalue weighted by molar-refractivity contribution is 5.84. The molecule has 0 aliphatic heterocycles. The van der Waals surface area contributed by atoms with E-state index in [9.17, 15) is 4.79 Å². The first kappa shape index (κ1) is 17.6. The van der Waals surface area contributed by atoms with Gasteiger partial charge in [-0.2, -0.15) is 0 Å². The van der Waals surface area contributed by atoms with Crippen LogP contribution < -0.4 is 4.74 Å². The maximum Gasteiger partial charge on any atom is 0.242 e. The second-order valence-corrected chi connectivity index (χ2v) is 7.39. The summed E-state index contributed by atoms with van der Waals surface area (Å²) in [6.45, 7) is 3.78. The van der Waals surface area contributed by atoms with Crippen molar-refractivity contribution in [1.29, 1.82) is 0 Å². The fraction of sp³-hybridized carbons (Fsp3) is 0.364. The van der Waals surface area contributed by atoms with Gasteiger partial charge in [-0.15, -0.1) is 0 Å². The number of nitrogens with zero attached hydrogens (tertiary/aromatic N) is 3. The summed E-state index contributed by atoms with van der Waals surface area (Å²) in [4.78, 5) is 19.4. The van der Waals surface area contributed by atoms with Crippen LogP contribution in [0.3, 0.4) is 0 Å². The Morgan fingerprint density at radius 3 is 2.81 bits per heavy atom. The number of aryl methyl sites for hydroxylation is 1. The predicted octanol–water partition coefficient (Wildman–Crippen LogP) is 3.79. The lowest BCUT2D eigenvalue weighted by molar-refractivity contribution is -0.132. The highest BCUT2D eigenvalue weighted by atomic mass is 16.5. The van der Waals surface area contributed by atoms with Crippen LogP contribution in [0, 0.1) is 12.8 Å². The van der Waals surface area contributed by atoms with Crippen LogP contribution in [-0.2, 0) is 17.9 Å². The monoisotopic (exact) mass is 363 g/mol. The van der Waals surface area contributed by atoms with E-state index in [4.69, 9.17) is 4.74 Å². The van der Waals surface area contributed by atoms with Crippen LogP contribution in [0.25, 0.3) is 10.9 Å². The van der Waals surface area contributed by atoms with Crippen LogP contribution in [0.1, 0.15) is 24.1 Å². The smallest absolute Gasteiger partial charge is 0.242 e. The Kier molecular flexibility index (Phi) is 4.84. The lowest BCUT2D eigenvalue weighted by Crippen LogP contribution is -2.35. The van der Waals surface area contributed by atoms with Gasteiger partial charge in [0.1, 0.15) is 12.3 Å². The van der Waals surface area contributed by atoms with E-state index in [2.05, 4.69) is 11.1 Å². The molecule has 3 aromatic rings. The number of carbonyl (C=O) groups is 1. The highest BCUT2D eigenvalue weighted by Crippen LogP contribution is 2.30. The van der Waals surface area contributed by atoms with E-state index >= 15 is 0 Å². The van der Waals surface area contributed by atoms with E-state index in [1.54, 1.807) is 7.11 Å².